The van der Waals surface area contributed by atoms with Crippen LogP contribution in [0.5, 0.6) is 0 Å². The first-order valence-electron chi connectivity index (χ1n) is 5.11. The van der Waals surface area contributed by atoms with Gasteiger partial charge in [-0.3, -0.25) is 9.79 Å². The molecule has 0 radical (unpaired) electrons. The molecule has 15 heavy (non-hydrogen) atoms. The lowest BCUT2D eigenvalue weighted by Crippen LogP contribution is -2.28. The third-order valence-corrected chi connectivity index (χ3v) is 2.21. The van der Waals surface area contributed by atoms with Crippen LogP contribution in [0.1, 0.15) is 26.7 Å². The lowest BCUT2D eigenvalue weighted by Gasteiger charge is -2.11. The number of likely N-dealkylation sites (N-methyl/N-ethyl adjacent to an activating group) is 1. The SMILES string of the molecule is CCC/C=C(/C(=O)NC)C(=NC)C(C)Cl. The van der Waals surface area contributed by atoms with Gasteiger partial charge in [-0.1, -0.05) is 19.4 Å². The Morgan fingerprint density at radius 3 is 2.53 bits per heavy atom. The molecule has 0 bridgehead atoms. The van der Waals surface area contributed by atoms with Gasteiger partial charge in [0, 0.05) is 14.1 Å². The molecule has 0 aromatic heterocycles. The molecule has 1 N–H and O–H groups in total. The molecular formula is C11H19ClN2O. The second-order valence-corrected chi connectivity index (χ2v) is 3.87. The van der Waals surface area contributed by atoms with Gasteiger partial charge in [-0.05, 0) is 13.3 Å². The van der Waals surface area contributed by atoms with Gasteiger partial charge in [0.2, 0.25) is 0 Å². The molecule has 0 saturated carbocycles. The molecule has 0 aromatic rings. The number of nitrogens with one attached hydrogen (secondary N) is 1. The maximum atomic E-state index is 11.6. The summed E-state index contributed by atoms with van der Waals surface area (Å²) in [4.78, 5) is 15.7. The van der Waals surface area contributed by atoms with Crippen molar-refractivity contribution in [2.24, 2.45) is 4.99 Å². The highest BCUT2D eigenvalue weighted by Crippen LogP contribution is 2.10. The number of hydrogen-bond acceptors (Lipinski definition) is 2. The number of unbranched alkanes of at least 4 members (excludes halogenated alkanes) is 1. The Morgan fingerprint density at radius 2 is 2.20 bits per heavy atom. The number of hydrogen-bond donors (Lipinski definition) is 1. The molecule has 4 heteroatoms. The minimum Gasteiger partial charge on any atom is -0.355 e. The first-order chi connectivity index (χ1) is 7.08. The number of amides is 1. The zero-order chi connectivity index (χ0) is 11.8. The largest absolute Gasteiger partial charge is 0.355 e. The average molecular weight is 231 g/mol. The van der Waals surface area contributed by atoms with E-state index in [4.69, 9.17) is 11.6 Å². The van der Waals surface area contributed by atoms with Crippen LogP contribution in [0, 0.1) is 0 Å². The minimum atomic E-state index is -0.254. The number of carbonyl (C=O) groups is 1. The fourth-order valence-electron chi connectivity index (χ4n) is 1.25. The van der Waals surface area contributed by atoms with E-state index in [2.05, 4.69) is 17.2 Å². The predicted octanol–water partition coefficient (Wildman–Crippen LogP) is 2.16. The molecule has 0 heterocycles. The van der Waals surface area contributed by atoms with Gasteiger partial charge in [0.05, 0.1) is 16.7 Å². The highest BCUT2D eigenvalue weighted by molar-refractivity contribution is 6.39. The maximum absolute atomic E-state index is 11.6. The van der Waals surface area contributed by atoms with E-state index in [9.17, 15) is 4.79 Å². The Morgan fingerprint density at radius 1 is 1.60 bits per heavy atom. The smallest absolute Gasteiger partial charge is 0.252 e. The van der Waals surface area contributed by atoms with Crippen molar-refractivity contribution in [3.8, 4) is 0 Å². The highest BCUT2D eigenvalue weighted by Gasteiger charge is 2.17. The molecule has 0 aliphatic carbocycles. The van der Waals surface area contributed by atoms with Gasteiger partial charge in [-0.15, -0.1) is 11.6 Å². The Labute approximate surface area is 96.6 Å². The van der Waals surface area contributed by atoms with E-state index in [1.165, 1.54) is 0 Å². The van der Waals surface area contributed by atoms with Gasteiger partial charge in [-0.25, -0.2) is 0 Å². The van der Waals surface area contributed by atoms with E-state index in [-0.39, 0.29) is 11.3 Å². The first-order valence-corrected chi connectivity index (χ1v) is 5.55. The molecule has 1 amide bonds. The van der Waals surface area contributed by atoms with Crippen molar-refractivity contribution in [1.29, 1.82) is 0 Å². The number of aliphatic imine (C=N–C) groups is 1. The fourth-order valence-corrected chi connectivity index (χ4v) is 1.46. The molecule has 1 atom stereocenters. The normalized spacial score (nSPS) is 15.0. The Kier molecular flexibility index (Phi) is 7.05. The van der Waals surface area contributed by atoms with Crippen molar-refractivity contribution in [2.75, 3.05) is 14.1 Å². The molecule has 3 nitrogen and oxygen atoms in total. The molecule has 0 aliphatic heterocycles. The van der Waals surface area contributed by atoms with E-state index in [1.807, 2.05) is 13.0 Å². The monoisotopic (exact) mass is 230 g/mol. The van der Waals surface area contributed by atoms with Crippen LogP contribution in [0.25, 0.3) is 0 Å². The molecule has 86 valence electrons. The van der Waals surface area contributed by atoms with Crippen molar-refractivity contribution in [1.82, 2.24) is 5.32 Å². The molecule has 0 spiro atoms. The van der Waals surface area contributed by atoms with Crippen molar-refractivity contribution in [3.63, 3.8) is 0 Å². The topological polar surface area (TPSA) is 41.5 Å². The Balaban J connectivity index is 5.00. The standard InChI is InChI=1S/C11H19ClN2O/c1-5-6-7-9(11(15)14-4)10(13-3)8(2)12/h7-8H,5-6H2,1-4H3,(H,14,15)/b9-7+,13-10?. The van der Waals surface area contributed by atoms with Crippen LogP contribution in [-0.4, -0.2) is 31.1 Å². The third-order valence-electron chi connectivity index (χ3n) is 2.00. The molecule has 0 aliphatic rings. The van der Waals surface area contributed by atoms with Crippen LogP contribution in [0.4, 0.5) is 0 Å². The van der Waals surface area contributed by atoms with Crippen LogP contribution in [0.15, 0.2) is 16.6 Å². The van der Waals surface area contributed by atoms with Gasteiger partial charge in [-0.2, -0.15) is 0 Å². The van der Waals surface area contributed by atoms with E-state index < -0.39 is 0 Å². The molecule has 0 rings (SSSR count). The fraction of sp³-hybridized carbons (Fsp3) is 0.636. The van der Waals surface area contributed by atoms with Gasteiger partial charge >= 0.3 is 0 Å². The van der Waals surface area contributed by atoms with Crippen LogP contribution in [0.2, 0.25) is 0 Å². The summed E-state index contributed by atoms with van der Waals surface area (Å²) >= 11 is 5.97. The van der Waals surface area contributed by atoms with Crippen LogP contribution in [0.3, 0.4) is 0 Å². The molecule has 0 saturated heterocycles. The van der Waals surface area contributed by atoms with Crippen LogP contribution < -0.4 is 5.32 Å². The minimum absolute atomic E-state index is 0.128. The number of nitrogens with zero attached hydrogens (tertiary/aromatic N) is 1. The molecule has 0 fully saturated rings. The number of allylic oxidation sites excluding steroid dienone is 1. The number of alkyl halides is 1. The molecule has 1 unspecified atom stereocenters. The first kappa shape index (κ1) is 14.2. The highest BCUT2D eigenvalue weighted by atomic mass is 35.5. The van der Waals surface area contributed by atoms with E-state index >= 15 is 0 Å². The molecule has 0 aromatic carbocycles. The second kappa shape index (κ2) is 7.46. The van der Waals surface area contributed by atoms with Crippen molar-refractivity contribution in [2.45, 2.75) is 32.1 Å². The summed E-state index contributed by atoms with van der Waals surface area (Å²) in [5, 5.41) is 2.34. The zero-order valence-corrected chi connectivity index (χ0v) is 10.6. The second-order valence-electron chi connectivity index (χ2n) is 3.21. The zero-order valence-electron chi connectivity index (χ0n) is 9.80. The Hall–Kier alpha value is -0.830. The summed E-state index contributed by atoms with van der Waals surface area (Å²) in [6, 6.07) is 0. The summed E-state index contributed by atoms with van der Waals surface area (Å²) < 4.78 is 0. The van der Waals surface area contributed by atoms with Gasteiger partial charge in [0.1, 0.15) is 0 Å². The predicted molar refractivity (Wildman–Crippen MR) is 65.7 cm³/mol. The lowest BCUT2D eigenvalue weighted by atomic mass is 10.1. The number of halogens is 1. The Bertz CT molecular complexity index is 270. The van der Waals surface area contributed by atoms with Gasteiger partial charge in [0.15, 0.2) is 0 Å². The molecular weight excluding hydrogens is 212 g/mol. The average Bonchev–Trinajstić information content (AvgIpc) is 2.22. The number of carbonyl (C=O) groups excluding carboxylic acids is 1. The lowest BCUT2D eigenvalue weighted by molar-refractivity contribution is -0.116. The maximum Gasteiger partial charge on any atom is 0.252 e. The van der Waals surface area contributed by atoms with E-state index in [0.29, 0.717) is 11.3 Å². The van der Waals surface area contributed by atoms with Crippen LogP contribution in [-0.2, 0) is 4.79 Å². The van der Waals surface area contributed by atoms with Crippen molar-refractivity contribution >= 4 is 23.2 Å². The quantitative estimate of drug-likeness (QED) is 0.439. The van der Waals surface area contributed by atoms with E-state index in [1.54, 1.807) is 14.1 Å². The van der Waals surface area contributed by atoms with Crippen molar-refractivity contribution < 1.29 is 4.79 Å². The number of rotatable bonds is 5. The van der Waals surface area contributed by atoms with Gasteiger partial charge in [0.25, 0.3) is 5.91 Å². The summed E-state index contributed by atoms with van der Waals surface area (Å²) in [5.74, 6) is -0.128. The van der Waals surface area contributed by atoms with Gasteiger partial charge < -0.3 is 5.32 Å². The third kappa shape index (κ3) is 4.47. The van der Waals surface area contributed by atoms with Crippen molar-refractivity contribution in [3.05, 3.63) is 11.6 Å². The summed E-state index contributed by atoms with van der Waals surface area (Å²) in [5.41, 5.74) is 1.23. The van der Waals surface area contributed by atoms with E-state index in [0.717, 1.165) is 12.8 Å². The van der Waals surface area contributed by atoms with Crippen LogP contribution >= 0.6 is 11.6 Å². The summed E-state index contributed by atoms with van der Waals surface area (Å²) in [6.45, 7) is 3.87. The summed E-state index contributed by atoms with van der Waals surface area (Å²) in [6.07, 6.45) is 3.74. The summed E-state index contributed by atoms with van der Waals surface area (Å²) in [7, 11) is 3.26.